The number of para-hydroxylation sites is 1. The molecule has 0 saturated carbocycles. The van der Waals surface area contributed by atoms with Gasteiger partial charge in [0.05, 0.1) is 5.52 Å². The van der Waals surface area contributed by atoms with Gasteiger partial charge in [-0.15, -0.1) is 0 Å². The van der Waals surface area contributed by atoms with Gasteiger partial charge < -0.3 is 4.98 Å². The fourth-order valence-corrected chi connectivity index (χ4v) is 5.25. The van der Waals surface area contributed by atoms with Gasteiger partial charge in [-0.05, 0) is 62.5 Å². The standard InChI is InChI=1S/C32H21N/c1-2-10-21(11-3-1)24-19-28-27-16-8-9-17-30(27)33-32(28)29(20-24)31-25-14-6-4-12-22(25)18-23-13-5-7-15-26(23)31/h1-20,33H. The highest BCUT2D eigenvalue weighted by Crippen LogP contribution is 2.43. The Hall–Kier alpha value is -4.36. The van der Waals surface area contributed by atoms with E-state index in [1.807, 2.05) is 0 Å². The van der Waals surface area contributed by atoms with E-state index < -0.39 is 0 Å². The Balaban J connectivity index is 1.70. The minimum atomic E-state index is 1.17. The highest BCUT2D eigenvalue weighted by atomic mass is 14.7. The highest BCUT2D eigenvalue weighted by Gasteiger charge is 2.17. The van der Waals surface area contributed by atoms with Crippen LogP contribution in [-0.4, -0.2) is 4.98 Å². The zero-order valence-electron chi connectivity index (χ0n) is 18.0. The van der Waals surface area contributed by atoms with Gasteiger partial charge in [-0.25, -0.2) is 0 Å². The van der Waals surface area contributed by atoms with Crippen molar-refractivity contribution in [2.75, 3.05) is 0 Å². The van der Waals surface area contributed by atoms with Crippen molar-refractivity contribution in [1.29, 1.82) is 0 Å². The van der Waals surface area contributed by atoms with E-state index in [1.165, 1.54) is 65.6 Å². The van der Waals surface area contributed by atoms with Crippen LogP contribution in [0.15, 0.2) is 121 Å². The summed E-state index contributed by atoms with van der Waals surface area (Å²) in [6, 6.07) is 43.8. The molecule has 1 nitrogen and oxygen atoms in total. The van der Waals surface area contributed by atoms with E-state index in [4.69, 9.17) is 0 Å². The molecule has 0 unspecified atom stereocenters. The minimum Gasteiger partial charge on any atom is -0.354 e. The third-order valence-electron chi connectivity index (χ3n) is 6.76. The van der Waals surface area contributed by atoms with Crippen LogP contribution in [0.5, 0.6) is 0 Å². The van der Waals surface area contributed by atoms with Crippen molar-refractivity contribution in [3.63, 3.8) is 0 Å². The van der Waals surface area contributed by atoms with Gasteiger partial charge in [-0.1, -0.05) is 97.1 Å². The zero-order chi connectivity index (χ0) is 21.8. The van der Waals surface area contributed by atoms with E-state index in [0.29, 0.717) is 0 Å². The third kappa shape index (κ3) is 2.79. The molecule has 0 aliphatic rings. The van der Waals surface area contributed by atoms with E-state index >= 15 is 0 Å². The molecular formula is C32H21N. The van der Waals surface area contributed by atoms with Crippen molar-refractivity contribution >= 4 is 43.4 Å². The Morgan fingerprint density at radius 3 is 1.76 bits per heavy atom. The van der Waals surface area contributed by atoms with Crippen molar-refractivity contribution in [1.82, 2.24) is 4.98 Å². The minimum absolute atomic E-state index is 1.17. The number of hydrogen-bond donors (Lipinski definition) is 1. The molecule has 7 aromatic rings. The topological polar surface area (TPSA) is 15.8 Å². The Labute approximate surface area is 191 Å². The van der Waals surface area contributed by atoms with E-state index in [2.05, 4.69) is 126 Å². The molecule has 1 heteroatoms. The van der Waals surface area contributed by atoms with Crippen molar-refractivity contribution in [2.45, 2.75) is 0 Å². The number of hydrogen-bond acceptors (Lipinski definition) is 0. The molecular weight excluding hydrogens is 398 g/mol. The molecule has 0 bridgehead atoms. The molecule has 1 heterocycles. The van der Waals surface area contributed by atoms with Gasteiger partial charge in [0, 0.05) is 21.9 Å². The molecule has 7 rings (SSSR count). The smallest absolute Gasteiger partial charge is 0.0545 e. The molecule has 0 spiro atoms. The number of aromatic amines is 1. The average Bonchev–Trinajstić information content (AvgIpc) is 3.26. The third-order valence-corrected chi connectivity index (χ3v) is 6.76. The molecule has 0 aliphatic carbocycles. The first-order valence-corrected chi connectivity index (χ1v) is 11.4. The monoisotopic (exact) mass is 419 g/mol. The van der Waals surface area contributed by atoms with Crippen LogP contribution < -0.4 is 0 Å². The van der Waals surface area contributed by atoms with Gasteiger partial charge in [0.1, 0.15) is 0 Å². The normalized spacial score (nSPS) is 11.6. The van der Waals surface area contributed by atoms with Crippen LogP contribution >= 0.6 is 0 Å². The molecule has 0 radical (unpaired) electrons. The van der Waals surface area contributed by atoms with Crippen LogP contribution in [0, 0.1) is 0 Å². The summed E-state index contributed by atoms with van der Waals surface area (Å²) in [7, 11) is 0. The lowest BCUT2D eigenvalue weighted by Crippen LogP contribution is -1.89. The van der Waals surface area contributed by atoms with Crippen molar-refractivity contribution in [3.05, 3.63) is 121 Å². The first kappa shape index (κ1) is 18.2. The first-order chi connectivity index (χ1) is 16.4. The number of benzene rings is 6. The average molecular weight is 420 g/mol. The molecule has 1 N–H and O–H groups in total. The van der Waals surface area contributed by atoms with Crippen LogP contribution in [0.2, 0.25) is 0 Å². The number of fused-ring (bicyclic) bond motifs is 5. The quantitative estimate of drug-likeness (QED) is 0.269. The second kappa shape index (κ2) is 7.08. The van der Waals surface area contributed by atoms with E-state index in [9.17, 15) is 0 Å². The maximum Gasteiger partial charge on any atom is 0.0545 e. The number of aromatic nitrogens is 1. The summed E-state index contributed by atoms with van der Waals surface area (Å²) in [6.07, 6.45) is 0. The lowest BCUT2D eigenvalue weighted by molar-refractivity contribution is 1.54. The van der Waals surface area contributed by atoms with E-state index in [1.54, 1.807) is 0 Å². The molecule has 6 aromatic carbocycles. The van der Waals surface area contributed by atoms with Crippen molar-refractivity contribution in [2.24, 2.45) is 0 Å². The first-order valence-electron chi connectivity index (χ1n) is 11.4. The van der Waals surface area contributed by atoms with Crippen LogP contribution in [0.1, 0.15) is 0 Å². The Morgan fingerprint density at radius 2 is 1.03 bits per heavy atom. The summed E-state index contributed by atoms with van der Waals surface area (Å²) < 4.78 is 0. The van der Waals surface area contributed by atoms with Crippen LogP contribution in [0.3, 0.4) is 0 Å². The van der Waals surface area contributed by atoms with E-state index in [0.717, 1.165) is 0 Å². The van der Waals surface area contributed by atoms with Gasteiger partial charge in [0.25, 0.3) is 0 Å². The number of H-pyrrole nitrogens is 1. The van der Waals surface area contributed by atoms with Gasteiger partial charge >= 0.3 is 0 Å². The van der Waals surface area contributed by atoms with Crippen molar-refractivity contribution < 1.29 is 0 Å². The molecule has 0 aliphatic heterocycles. The number of rotatable bonds is 2. The second-order valence-electron chi connectivity index (χ2n) is 8.68. The second-order valence-corrected chi connectivity index (χ2v) is 8.68. The molecule has 1 aromatic heterocycles. The summed E-state index contributed by atoms with van der Waals surface area (Å²) in [5.74, 6) is 0. The summed E-state index contributed by atoms with van der Waals surface area (Å²) in [4.78, 5) is 3.75. The largest absolute Gasteiger partial charge is 0.354 e. The molecule has 0 amide bonds. The molecule has 0 atom stereocenters. The summed E-state index contributed by atoms with van der Waals surface area (Å²) in [6.45, 7) is 0. The SMILES string of the molecule is c1ccc(-c2cc(-c3c4ccccc4cc4ccccc34)c3[nH]c4ccccc4c3c2)cc1. The van der Waals surface area contributed by atoms with Gasteiger partial charge in [0.2, 0.25) is 0 Å². The van der Waals surface area contributed by atoms with Gasteiger partial charge in [-0.2, -0.15) is 0 Å². The number of nitrogens with one attached hydrogen (secondary N) is 1. The van der Waals surface area contributed by atoms with Crippen molar-refractivity contribution in [3.8, 4) is 22.3 Å². The molecule has 33 heavy (non-hydrogen) atoms. The van der Waals surface area contributed by atoms with Crippen LogP contribution in [0.4, 0.5) is 0 Å². The highest BCUT2D eigenvalue weighted by molar-refractivity contribution is 6.20. The lowest BCUT2D eigenvalue weighted by atomic mass is 9.89. The lowest BCUT2D eigenvalue weighted by Gasteiger charge is -2.15. The summed E-state index contributed by atoms with van der Waals surface area (Å²) in [5.41, 5.74) is 7.37. The van der Waals surface area contributed by atoms with Crippen LogP contribution in [-0.2, 0) is 0 Å². The van der Waals surface area contributed by atoms with Crippen LogP contribution in [0.25, 0.3) is 65.6 Å². The Bertz CT molecular complexity index is 1750. The maximum absolute atomic E-state index is 3.75. The maximum atomic E-state index is 3.75. The Kier molecular flexibility index (Phi) is 3.91. The van der Waals surface area contributed by atoms with Gasteiger partial charge in [-0.3, -0.25) is 0 Å². The fraction of sp³-hybridized carbons (Fsp3) is 0. The predicted octanol–water partition coefficient (Wildman–Crippen LogP) is 8.96. The zero-order valence-corrected chi connectivity index (χ0v) is 18.0. The molecule has 154 valence electrons. The predicted molar refractivity (Wildman–Crippen MR) is 142 cm³/mol. The summed E-state index contributed by atoms with van der Waals surface area (Å²) >= 11 is 0. The molecule has 0 saturated heterocycles. The van der Waals surface area contributed by atoms with Gasteiger partial charge in [0.15, 0.2) is 0 Å². The van der Waals surface area contributed by atoms with E-state index in [-0.39, 0.29) is 0 Å². The summed E-state index contributed by atoms with van der Waals surface area (Å²) in [5, 5.41) is 7.61. The molecule has 0 fully saturated rings. The fourth-order valence-electron chi connectivity index (χ4n) is 5.25. The Morgan fingerprint density at radius 1 is 0.424 bits per heavy atom.